The number of pyridine rings is 1. The van der Waals surface area contributed by atoms with Gasteiger partial charge < -0.3 is 10.1 Å². The molecule has 0 saturated carbocycles. The average Bonchev–Trinajstić information content (AvgIpc) is 2.44. The predicted octanol–water partition coefficient (Wildman–Crippen LogP) is 3.33. The van der Waals surface area contributed by atoms with Crippen molar-refractivity contribution in [2.45, 2.75) is 20.4 Å². The zero-order chi connectivity index (χ0) is 15.4. The van der Waals surface area contributed by atoms with E-state index < -0.39 is 5.82 Å². The van der Waals surface area contributed by atoms with Gasteiger partial charge in [0.05, 0.1) is 24.1 Å². The predicted molar refractivity (Wildman–Crippen MR) is 78.7 cm³/mol. The highest BCUT2D eigenvalue weighted by Crippen LogP contribution is 2.21. The molecule has 2 rings (SSSR count). The number of halogens is 1. The van der Waals surface area contributed by atoms with Crippen molar-refractivity contribution in [3.63, 3.8) is 0 Å². The summed E-state index contributed by atoms with van der Waals surface area (Å²) in [6.45, 7) is 4.08. The van der Waals surface area contributed by atoms with Gasteiger partial charge in [0.25, 0.3) is 0 Å². The maximum Gasteiger partial charge on any atom is 0.165 e. The molecule has 0 aliphatic heterocycles. The van der Waals surface area contributed by atoms with Gasteiger partial charge in [0.2, 0.25) is 0 Å². The van der Waals surface area contributed by atoms with E-state index in [-0.39, 0.29) is 5.75 Å². The smallest absolute Gasteiger partial charge is 0.165 e. The fourth-order valence-electron chi connectivity index (χ4n) is 2.13. The number of anilines is 1. The van der Waals surface area contributed by atoms with Crippen LogP contribution in [0.25, 0.3) is 0 Å². The molecule has 1 aromatic heterocycles. The SMILES string of the molecule is COc1ccc(CNc2cc(C)nc(C)c2C#N)cc1F. The Hall–Kier alpha value is -2.61. The highest BCUT2D eigenvalue weighted by Gasteiger charge is 2.09. The number of rotatable bonds is 4. The van der Waals surface area contributed by atoms with Gasteiger partial charge in [-0.05, 0) is 37.6 Å². The van der Waals surface area contributed by atoms with Gasteiger partial charge in [0.15, 0.2) is 11.6 Å². The molecule has 0 unspecified atom stereocenters. The van der Waals surface area contributed by atoms with Crippen molar-refractivity contribution in [3.8, 4) is 11.8 Å². The number of nitriles is 1. The Balaban J connectivity index is 2.21. The number of nitrogens with zero attached hydrogens (tertiary/aromatic N) is 2. The largest absolute Gasteiger partial charge is 0.494 e. The van der Waals surface area contributed by atoms with Crippen LogP contribution < -0.4 is 10.1 Å². The molecule has 1 heterocycles. The molecule has 0 aliphatic rings. The van der Waals surface area contributed by atoms with Crippen molar-refractivity contribution in [2.75, 3.05) is 12.4 Å². The molecule has 0 radical (unpaired) electrons. The number of benzene rings is 1. The quantitative estimate of drug-likeness (QED) is 0.936. The third-order valence-electron chi connectivity index (χ3n) is 3.14. The zero-order valence-electron chi connectivity index (χ0n) is 12.2. The third-order valence-corrected chi connectivity index (χ3v) is 3.14. The Morgan fingerprint density at radius 3 is 2.71 bits per heavy atom. The molecule has 5 heteroatoms. The van der Waals surface area contributed by atoms with Crippen LogP contribution in [0.1, 0.15) is 22.5 Å². The van der Waals surface area contributed by atoms with E-state index in [0.29, 0.717) is 23.5 Å². The molecular weight excluding hydrogens is 269 g/mol. The number of aryl methyl sites for hydroxylation is 2. The van der Waals surface area contributed by atoms with Gasteiger partial charge in [0.1, 0.15) is 6.07 Å². The first-order valence-electron chi connectivity index (χ1n) is 6.49. The second-order valence-corrected chi connectivity index (χ2v) is 4.71. The van der Waals surface area contributed by atoms with Crippen LogP contribution in [-0.2, 0) is 6.54 Å². The highest BCUT2D eigenvalue weighted by molar-refractivity contribution is 5.60. The highest BCUT2D eigenvalue weighted by atomic mass is 19.1. The fraction of sp³-hybridized carbons (Fsp3) is 0.250. The van der Waals surface area contributed by atoms with E-state index in [1.807, 2.05) is 13.0 Å². The van der Waals surface area contributed by atoms with E-state index in [9.17, 15) is 9.65 Å². The van der Waals surface area contributed by atoms with E-state index in [1.165, 1.54) is 13.2 Å². The van der Waals surface area contributed by atoms with Crippen LogP contribution in [0.4, 0.5) is 10.1 Å². The number of hydrogen-bond donors (Lipinski definition) is 1. The van der Waals surface area contributed by atoms with Gasteiger partial charge in [-0.2, -0.15) is 5.26 Å². The van der Waals surface area contributed by atoms with Crippen LogP contribution in [0.2, 0.25) is 0 Å². The first kappa shape index (κ1) is 14.8. The maximum atomic E-state index is 13.6. The van der Waals surface area contributed by atoms with Crippen molar-refractivity contribution >= 4 is 5.69 Å². The standard InChI is InChI=1S/C16H16FN3O/c1-10-6-15(13(8-18)11(2)20-10)19-9-12-4-5-16(21-3)14(17)7-12/h4-7H,9H2,1-3H3,(H,19,20). The van der Waals surface area contributed by atoms with Gasteiger partial charge in [-0.3, -0.25) is 4.98 Å². The molecule has 1 N–H and O–H groups in total. The van der Waals surface area contributed by atoms with Gasteiger partial charge in [-0.15, -0.1) is 0 Å². The summed E-state index contributed by atoms with van der Waals surface area (Å²) in [6.07, 6.45) is 0. The molecule has 1 aromatic carbocycles. The van der Waals surface area contributed by atoms with Crippen molar-refractivity contribution in [1.82, 2.24) is 4.98 Å². The maximum absolute atomic E-state index is 13.6. The Morgan fingerprint density at radius 2 is 2.10 bits per heavy atom. The normalized spacial score (nSPS) is 10.0. The van der Waals surface area contributed by atoms with Crippen LogP contribution in [0.15, 0.2) is 24.3 Å². The molecule has 4 nitrogen and oxygen atoms in total. The lowest BCUT2D eigenvalue weighted by molar-refractivity contribution is 0.386. The lowest BCUT2D eigenvalue weighted by Gasteiger charge is -2.11. The number of methoxy groups -OCH3 is 1. The Labute approximate surface area is 123 Å². The van der Waals surface area contributed by atoms with E-state index in [1.54, 1.807) is 19.1 Å². The number of aromatic nitrogens is 1. The lowest BCUT2D eigenvalue weighted by Crippen LogP contribution is -2.05. The molecule has 0 aliphatic carbocycles. The second kappa shape index (κ2) is 6.23. The van der Waals surface area contributed by atoms with Gasteiger partial charge >= 0.3 is 0 Å². The average molecular weight is 285 g/mol. The van der Waals surface area contributed by atoms with E-state index in [4.69, 9.17) is 4.74 Å². The lowest BCUT2D eigenvalue weighted by atomic mass is 10.1. The van der Waals surface area contributed by atoms with Crippen LogP contribution >= 0.6 is 0 Å². The minimum Gasteiger partial charge on any atom is -0.494 e. The molecule has 0 spiro atoms. The van der Waals surface area contributed by atoms with Gasteiger partial charge in [-0.1, -0.05) is 6.07 Å². The summed E-state index contributed by atoms with van der Waals surface area (Å²) in [4.78, 5) is 4.26. The molecule has 0 fully saturated rings. The minimum absolute atomic E-state index is 0.215. The van der Waals surface area contributed by atoms with Crippen molar-refractivity contribution < 1.29 is 9.13 Å². The Morgan fingerprint density at radius 1 is 1.33 bits per heavy atom. The van der Waals surface area contributed by atoms with Crippen molar-refractivity contribution in [1.29, 1.82) is 5.26 Å². The summed E-state index contributed by atoms with van der Waals surface area (Å²) >= 11 is 0. The molecule has 108 valence electrons. The van der Waals surface area contributed by atoms with Crippen molar-refractivity contribution in [2.24, 2.45) is 0 Å². The number of ether oxygens (including phenoxy) is 1. The summed E-state index contributed by atoms with van der Waals surface area (Å²) in [5.41, 5.74) is 3.49. The van der Waals surface area contributed by atoms with Crippen molar-refractivity contribution in [3.05, 3.63) is 52.6 Å². The van der Waals surface area contributed by atoms with Gasteiger partial charge in [0, 0.05) is 12.2 Å². The molecule has 21 heavy (non-hydrogen) atoms. The second-order valence-electron chi connectivity index (χ2n) is 4.71. The summed E-state index contributed by atoms with van der Waals surface area (Å²) in [6, 6.07) is 8.73. The molecule has 0 bridgehead atoms. The van der Waals surface area contributed by atoms with Crippen LogP contribution in [-0.4, -0.2) is 12.1 Å². The monoisotopic (exact) mass is 285 g/mol. The summed E-state index contributed by atoms with van der Waals surface area (Å²) in [5, 5.41) is 12.4. The molecular formula is C16H16FN3O. The third kappa shape index (κ3) is 3.29. The van der Waals surface area contributed by atoms with Gasteiger partial charge in [-0.25, -0.2) is 4.39 Å². The summed E-state index contributed by atoms with van der Waals surface area (Å²) in [5.74, 6) is -0.188. The van der Waals surface area contributed by atoms with Crippen LogP contribution in [0.3, 0.4) is 0 Å². The van der Waals surface area contributed by atoms with Crippen LogP contribution in [0, 0.1) is 31.0 Å². The summed E-state index contributed by atoms with van der Waals surface area (Å²) in [7, 11) is 1.43. The fourth-order valence-corrected chi connectivity index (χ4v) is 2.13. The number of hydrogen-bond acceptors (Lipinski definition) is 4. The van der Waals surface area contributed by atoms with E-state index in [0.717, 1.165) is 11.3 Å². The first-order valence-corrected chi connectivity index (χ1v) is 6.49. The Kier molecular flexibility index (Phi) is 4.39. The first-order chi connectivity index (χ1) is 10.0. The molecule has 0 amide bonds. The topological polar surface area (TPSA) is 57.9 Å². The Bertz CT molecular complexity index is 707. The molecule has 0 saturated heterocycles. The number of nitrogens with one attached hydrogen (secondary N) is 1. The van der Waals surface area contributed by atoms with E-state index >= 15 is 0 Å². The van der Waals surface area contributed by atoms with E-state index in [2.05, 4.69) is 16.4 Å². The molecule has 0 atom stereocenters. The van der Waals surface area contributed by atoms with Crippen LogP contribution in [0.5, 0.6) is 5.75 Å². The molecule has 2 aromatic rings. The zero-order valence-corrected chi connectivity index (χ0v) is 12.2. The summed E-state index contributed by atoms with van der Waals surface area (Å²) < 4.78 is 18.5. The minimum atomic E-state index is -0.403.